The third-order valence-electron chi connectivity index (χ3n) is 2.53. The maximum atomic E-state index is 12.4. The number of nitrogens with one attached hydrogen (secondary N) is 1. The van der Waals surface area contributed by atoms with Gasteiger partial charge in [0.15, 0.2) is 0 Å². The molecule has 0 unspecified atom stereocenters. The van der Waals surface area contributed by atoms with Gasteiger partial charge in [-0.05, 0) is 31.2 Å². The summed E-state index contributed by atoms with van der Waals surface area (Å²) in [6, 6.07) is 3.02. The molecule has 21 heavy (non-hydrogen) atoms. The van der Waals surface area contributed by atoms with Gasteiger partial charge in [0.05, 0.1) is 18.6 Å². The molecule has 0 bridgehead atoms. The number of rotatable bonds is 6. The molecule has 0 fully saturated rings. The van der Waals surface area contributed by atoms with Crippen molar-refractivity contribution in [2.24, 2.45) is 5.73 Å². The van der Waals surface area contributed by atoms with E-state index >= 15 is 0 Å². The van der Waals surface area contributed by atoms with Crippen molar-refractivity contribution < 1.29 is 27.5 Å². The molecule has 0 saturated heterocycles. The Morgan fingerprint density at radius 1 is 1.29 bits per heavy atom. The number of alkyl halides is 3. The lowest BCUT2D eigenvalue weighted by molar-refractivity contribution is -0.145. The number of carbonyl (C=O) groups is 2. The molecular formula is C13H15F3N2O3. The summed E-state index contributed by atoms with van der Waals surface area (Å²) >= 11 is 0. The predicted molar refractivity (Wildman–Crippen MR) is 69.3 cm³/mol. The van der Waals surface area contributed by atoms with Crippen molar-refractivity contribution in [3.63, 3.8) is 0 Å². The van der Waals surface area contributed by atoms with Crippen molar-refractivity contribution in [1.82, 2.24) is 0 Å². The van der Waals surface area contributed by atoms with Crippen LogP contribution < -0.4 is 11.1 Å². The second-order valence-corrected chi connectivity index (χ2v) is 4.19. The lowest BCUT2D eigenvalue weighted by atomic mass is 10.1. The second kappa shape index (κ2) is 6.96. The highest BCUT2D eigenvalue weighted by Crippen LogP contribution is 2.29. The Kier molecular flexibility index (Phi) is 5.57. The number of hydrogen-bond donors (Lipinski definition) is 2. The number of ether oxygens (including phenoxy) is 1. The lowest BCUT2D eigenvalue weighted by Gasteiger charge is -2.17. The minimum Gasteiger partial charge on any atom is -0.464 e. The molecule has 1 aromatic carbocycles. The molecule has 3 N–H and O–H groups in total. The Labute approximate surface area is 119 Å². The minimum atomic E-state index is -4.44. The van der Waals surface area contributed by atoms with E-state index in [4.69, 9.17) is 10.5 Å². The van der Waals surface area contributed by atoms with Gasteiger partial charge in [-0.25, -0.2) is 4.79 Å². The first-order valence-electron chi connectivity index (χ1n) is 6.12. The SMILES string of the molecule is CCOC(=O)[C@H](CC(N)=O)Nc1ccc(C(F)(F)F)cc1. The molecule has 0 radical (unpaired) electrons. The fourth-order valence-electron chi connectivity index (χ4n) is 1.59. The number of nitrogens with two attached hydrogens (primary N) is 1. The molecule has 0 saturated carbocycles. The van der Waals surface area contributed by atoms with Crippen molar-refractivity contribution >= 4 is 17.6 Å². The standard InChI is InChI=1S/C13H15F3N2O3/c1-2-21-12(20)10(7-11(17)19)18-9-5-3-8(4-6-9)13(14,15)16/h3-6,10,18H,2,7H2,1H3,(H2,17,19)/t10-/m0/s1. The van der Waals surface area contributed by atoms with Crippen LogP contribution in [-0.2, 0) is 20.5 Å². The van der Waals surface area contributed by atoms with Crippen LogP contribution in [0.5, 0.6) is 0 Å². The van der Waals surface area contributed by atoms with Gasteiger partial charge >= 0.3 is 12.1 Å². The van der Waals surface area contributed by atoms with Gasteiger partial charge in [-0.2, -0.15) is 13.2 Å². The fraction of sp³-hybridized carbons (Fsp3) is 0.385. The highest BCUT2D eigenvalue weighted by Gasteiger charge is 2.30. The van der Waals surface area contributed by atoms with E-state index in [0.29, 0.717) is 0 Å². The molecule has 0 aromatic heterocycles. The normalized spacial score (nSPS) is 12.6. The Morgan fingerprint density at radius 3 is 2.29 bits per heavy atom. The lowest BCUT2D eigenvalue weighted by Crippen LogP contribution is -2.35. The van der Waals surface area contributed by atoms with Crippen molar-refractivity contribution in [1.29, 1.82) is 0 Å². The zero-order valence-electron chi connectivity index (χ0n) is 11.2. The first kappa shape index (κ1) is 16.8. The van der Waals surface area contributed by atoms with Crippen molar-refractivity contribution in [2.75, 3.05) is 11.9 Å². The van der Waals surface area contributed by atoms with Crippen molar-refractivity contribution in [2.45, 2.75) is 25.6 Å². The van der Waals surface area contributed by atoms with Crippen molar-refractivity contribution in [3.8, 4) is 0 Å². The van der Waals surface area contributed by atoms with Crippen LogP contribution in [0, 0.1) is 0 Å². The molecule has 0 aliphatic carbocycles. The Balaban J connectivity index is 2.83. The number of benzene rings is 1. The number of anilines is 1. The zero-order valence-corrected chi connectivity index (χ0v) is 11.2. The summed E-state index contributed by atoms with van der Waals surface area (Å²) in [6.07, 6.45) is -4.76. The quantitative estimate of drug-likeness (QED) is 0.787. The van der Waals surface area contributed by atoms with Crippen LogP contribution in [0.3, 0.4) is 0 Å². The predicted octanol–water partition coefficient (Wildman–Crippen LogP) is 1.92. The minimum absolute atomic E-state index is 0.114. The largest absolute Gasteiger partial charge is 0.464 e. The summed E-state index contributed by atoms with van der Waals surface area (Å²) in [5, 5.41) is 2.63. The van der Waals surface area contributed by atoms with Crippen LogP contribution in [0.4, 0.5) is 18.9 Å². The highest BCUT2D eigenvalue weighted by atomic mass is 19.4. The molecule has 1 rings (SSSR count). The van der Waals surface area contributed by atoms with E-state index in [0.717, 1.165) is 24.3 Å². The molecule has 116 valence electrons. The molecule has 1 amide bonds. The van der Waals surface area contributed by atoms with Crippen LogP contribution in [0.2, 0.25) is 0 Å². The summed E-state index contributed by atoms with van der Waals surface area (Å²) in [6.45, 7) is 1.71. The van der Waals surface area contributed by atoms with Crippen LogP contribution in [-0.4, -0.2) is 24.5 Å². The summed E-state index contributed by atoms with van der Waals surface area (Å²) in [5.41, 5.74) is 4.47. The first-order chi connectivity index (χ1) is 9.74. The third kappa shape index (κ3) is 5.33. The van der Waals surface area contributed by atoms with Crippen LogP contribution in [0.25, 0.3) is 0 Å². The van der Waals surface area contributed by atoms with E-state index in [2.05, 4.69) is 5.32 Å². The van der Waals surface area contributed by atoms with E-state index in [1.807, 2.05) is 0 Å². The zero-order chi connectivity index (χ0) is 16.0. The van der Waals surface area contributed by atoms with E-state index in [-0.39, 0.29) is 18.7 Å². The third-order valence-corrected chi connectivity index (χ3v) is 2.53. The molecule has 0 heterocycles. The average Bonchev–Trinajstić information content (AvgIpc) is 2.37. The maximum absolute atomic E-state index is 12.4. The Hall–Kier alpha value is -2.25. The summed E-state index contributed by atoms with van der Waals surface area (Å²) < 4.78 is 42.0. The van der Waals surface area contributed by atoms with Gasteiger partial charge in [0.1, 0.15) is 6.04 Å². The van der Waals surface area contributed by atoms with Crippen LogP contribution in [0.15, 0.2) is 24.3 Å². The molecule has 0 spiro atoms. The summed E-state index contributed by atoms with van der Waals surface area (Å²) in [7, 11) is 0. The average molecular weight is 304 g/mol. The van der Waals surface area contributed by atoms with E-state index < -0.39 is 29.7 Å². The van der Waals surface area contributed by atoms with Crippen LogP contribution >= 0.6 is 0 Å². The van der Waals surface area contributed by atoms with Gasteiger partial charge in [0, 0.05) is 5.69 Å². The van der Waals surface area contributed by atoms with Gasteiger partial charge in [0.25, 0.3) is 0 Å². The molecule has 8 heteroatoms. The van der Waals surface area contributed by atoms with Crippen LogP contribution in [0.1, 0.15) is 18.9 Å². The summed E-state index contributed by atoms with van der Waals surface area (Å²) in [4.78, 5) is 22.6. The number of esters is 1. The second-order valence-electron chi connectivity index (χ2n) is 4.19. The smallest absolute Gasteiger partial charge is 0.416 e. The molecular weight excluding hydrogens is 289 g/mol. The summed E-state index contributed by atoms with van der Waals surface area (Å²) in [5.74, 6) is -1.43. The molecule has 1 atom stereocenters. The molecule has 0 aliphatic rings. The fourth-order valence-corrected chi connectivity index (χ4v) is 1.59. The number of primary amides is 1. The van der Waals surface area contributed by atoms with Gasteiger partial charge in [-0.1, -0.05) is 0 Å². The van der Waals surface area contributed by atoms with Crippen molar-refractivity contribution in [3.05, 3.63) is 29.8 Å². The molecule has 0 aliphatic heterocycles. The number of hydrogen-bond acceptors (Lipinski definition) is 4. The van der Waals surface area contributed by atoms with E-state index in [1.54, 1.807) is 6.92 Å². The van der Waals surface area contributed by atoms with E-state index in [1.165, 1.54) is 0 Å². The first-order valence-corrected chi connectivity index (χ1v) is 6.12. The van der Waals surface area contributed by atoms with Gasteiger partial charge in [-0.3, -0.25) is 4.79 Å². The maximum Gasteiger partial charge on any atom is 0.416 e. The number of amides is 1. The van der Waals surface area contributed by atoms with E-state index in [9.17, 15) is 22.8 Å². The Morgan fingerprint density at radius 2 is 1.86 bits per heavy atom. The topological polar surface area (TPSA) is 81.4 Å². The highest BCUT2D eigenvalue weighted by molar-refractivity contribution is 5.86. The monoisotopic (exact) mass is 304 g/mol. The molecule has 5 nitrogen and oxygen atoms in total. The van der Waals surface area contributed by atoms with Gasteiger partial charge in [0.2, 0.25) is 5.91 Å². The number of halogens is 3. The molecule has 1 aromatic rings. The van der Waals surface area contributed by atoms with Gasteiger partial charge < -0.3 is 15.8 Å². The number of carbonyl (C=O) groups excluding carboxylic acids is 2. The van der Waals surface area contributed by atoms with Gasteiger partial charge in [-0.15, -0.1) is 0 Å². The Bertz CT molecular complexity index is 500.